The molecular weight excluding hydrogens is 275 g/mol. The van der Waals surface area contributed by atoms with Crippen LogP contribution in [0.25, 0.3) is 0 Å². The van der Waals surface area contributed by atoms with Gasteiger partial charge in [0, 0.05) is 24.9 Å². The Hall–Kier alpha value is -2.76. The quantitative estimate of drug-likeness (QED) is 0.643. The van der Waals surface area contributed by atoms with Crippen LogP contribution in [0.4, 0.5) is 15.8 Å². The van der Waals surface area contributed by atoms with E-state index in [4.69, 9.17) is 0 Å². The van der Waals surface area contributed by atoms with Gasteiger partial charge in [-0.05, 0) is 24.6 Å². The first kappa shape index (κ1) is 14.6. The number of carbonyl (C=O) groups is 1. The summed E-state index contributed by atoms with van der Waals surface area (Å²) < 4.78 is 14.1. The number of non-ortho nitro benzene ring substituents is 1. The second kappa shape index (κ2) is 5.70. The molecule has 2 aromatic carbocycles. The van der Waals surface area contributed by atoms with Crippen LogP contribution in [0.5, 0.6) is 0 Å². The molecule has 0 spiro atoms. The Balaban J connectivity index is 2.46. The fourth-order valence-electron chi connectivity index (χ4n) is 1.96. The molecular formula is C15H13FN2O3. The summed E-state index contributed by atoms with van der Waals surface area (Å²) in [6, 6.07) is 10.7. The van der Waals surface area contributed by atoms with E-state index in [9.17, 15) is 19.3 Å². The normalized spacial score (nSPS) is 10.2. The molecule has 0 saturated carbocycles. The van der Waals surface area contributed by atoms with Gasteiger partial charge in [0.15, 0.2) is 0 Å². The van der Waals surface area contributed by atoms with Gasteiger partial charge in [-0.2, -0.15) is 0 Å². The number of halogens is 1. The van der Waals surface area contributed by atoms with Gasteiger partial charge in [-0.25, -0.2) is 4.39 Å². The Morgan fingerprint density at radius 2 is 1.86 bits per heavy atom. The minimum Gasteiger partial charge on any atom is -0.311 e. The average molecular weight is 288 g/mol. The molecule has 0 unspecified atom stereocenters. The van der Waals surface area contributed by atoms with Crippen molar-refractivity contribution >= 4 is 17.3 Å². The Kier molecular flexibility index (Phi) is 3.98. The zero-order valence-electron chi connectivity index (χ0n) is 11.5. The molecule has 0 N–H and O–H groups in total. The van der Waals surface area contributed by atoms with Crippen molar-refractivity contribution in [2.75, 3.05) is 11.9 Å². The highest BCUT2D eigenvalue weighted by molar-refractivity contribution is 6.06. The highest BCUT2D eigenvalue weighted by atomic mass is 19.1. The summed E-state index contributed by atoms with van der Waals surface area (Å²) in [5.74, 6) is -1.38. The van der Waals surface area contributed by atoms with Gasteiger partial charge in [0.1, 0.15) is 5.82 Å². The van der Waals surface area contributed by atoms with Crippen LogP contribution in [-0.4, -0.2) is 17.9 Å². The Labute approximate surface area is 120 Å². The minimum atomic E-state index is -0.742. The summed E-state index contributed by atoms with van der Waals surface area (Å²) in [7, 11) is 1.49. The number of rotatable bonds is 3. The molecule has 0 radical (unpaired) electrons. The maximum atomic E-state index is 14.1. The molecule has 0 atom stereocenters. The molecule has 2 rings (SSSR count). The molecule has 21 heavy (non-hydrogen) atoms. The number of aryl methyl sites for hydroxylation is 1. The third kappa shape index (κ3) is 2.89. The van der Waals surface area contributed by atoms with E-state index in [2.05, 4.69) is 0 Å². The first-order valence-corrected chi connectivity index (χ1v) is 6.19. The van der Waals surface area contributed by atoms with Crippen molar-refractivity contribution in [1.82, 2.24) is 0 Å². The van der Waals surface area contributed by atoms with Crippen LogP contribution >= 0.6 is 0 Å². The first-order chi connectivity index (χ1) is 9.91. The topological polar surface area (TPSA) is 63.5 Å². The van der Waals surface area contributed by atoms with Gasteiger partial charge in [0.25, 0.3) is 11.6 Å². The zero-order valence-corrected chi connectivity index (χ0v) is 11.5. The van der Waals surface area contributed by atoms with Gasteiger partial charge in [-0.15, -0.1) is 0 Å². The van der Waals surface area contributed by atoms with Crippen LogP contribution in [-0.2, 0) is 0 Å². The largest absolute Gasteiger partial charge is 0.311 e. The SMILES string of the molecule is Cc1cc([N+](=O)[O-])cc(C(=O)N(C)c2ccccc2)c1F. The molecule has 2 aromatic rings. The summed E-state index contributed by atoms with van der Waals surface area (Å²) in [4.78, 5) is 23.8. The molecule has 0 saturated heterocycles. The van der Waals surface area contributed by atoms with E-state index in [1.54, 1.807) is 30.3 Å². The lowest BCUT2D eigenvalue weighted by Crippen LogP contribution is -2.27. The number of nitro benzene ring substituents is 1. The molecule has 0 heterocycles. The predicted molar refractivity (Wildman–Crippen MR) is 77.0 cm³/mol. The van der Waals surface area contributed by atoms with Gasteiger partial charge >= 0.3 is 0 Å². The third-order valence-corrected chi connectivity index (χ3v) is 3.13. The van der Waals surface area contributed by atoms with Crippen LogP contribution in [0.3, 0.4) is 0 Å². The van der Waals surface area contributed by atoms with E-state index >= 15 is 0 Å². The van der Waals surface area contributed by atoms with Gasteiger partial charge in [-0.1, -0.05) is 18.2 Å². The molecule has 108 valence electrons. The highest BCUT2D eigenvalue weighted by Crippen LogP contribution is 2.23. The molecule has 0 aliphatic carbocycles. The monoisotopic (exact) mass is 288 g/mol. The number of amides is 1. The number of anilines is 1. The van der Waals surface area contributed by atoms with Crippen LogP contribution in [0.15, 0.2) is 42.5 Å². The first-order valence-electron chi connectivity index (χ1n) is 6.19. The van der Waals surface area contributed by atoms with Crippen LogP contribution in [0.1, 0.15) is 15.9 Å². The number of nitrogens with zero attached hydrogens (tertiary/aromatic N) is 2. The van der Waals surface area contributed by atoms with E-state index < -0.39 is 16.6 Å². The van der Waals surface area contributed by atoms with Crippen LogP contribution < -0.4 is 4.90 Å². The van der Waals surface area contributed by atoms with Crippen molar-refractivity contribution in [3.8, 4) is 0 Å². The van der Waals surface area contributed by atoms with Crippen molar-refractivity contribution in [3.63, 3.8) is 0 Å². The van der Waals surface area contributed by atoms with Crippen LogP contribution in [0, 0.1) is 22.9 Å². The summed E-state index contributed by atoms with van der Waals surface area (Å²) in [5.41, 5.74) is 0.0202. The van der Waals surface area contributed by atoms with Gasteiger partial charge < -0.3 is 4.90 Å². The van der Waals surface area contributed by atoms with Crippen molar-refractivity contribution in [2.45, 2.75) is 6.92 Å². The molecule has 6 heteroatoms. The maximum absolute atomic E-state index is 14.1. The summed E-state index contributed by atoms with van der Waals surface area (Å²) in [6.07, 6.45) is 0. The number of carbonyl (C=O) groups excluding carboxylic acids is 1. The van der Waals surface area contributed by atoms with E-state index in [-0.39, 0.29) is 16.8 Å². The standard InChI is InChI=1S/C15H13FN2O3/c1-10-8-12(18(20)21)9-13(14(10)16)15(19)17(2)11-6-4-3-5-7-11/h3-9H,1-2H3. The molecule has 1 amide bonds. The van der Waals surface area contributed by atoms with Crippen molar-refractivity contribution < 1.29 is 14.1 Å². The summed E-state index contributed by atoms with van der Waals surface area (Å²) >= 11 is 0. The number of hydrogen-bond donors (Lipinski definition) is 0. The van der Waals surface area contributed by atoms with Gasteiger partial charge in [-0.3, -0.25) is 14.9 Å². The number of hydrogen-bond acceptors (Lipinski definition) is 3. The highest BCUT2D eigenvalue weighted by Gasteiger charge is 2.22. The number of benzene rings is 2. The maximum Gasteiger partial charge on any atom is 0.270 e. The number of para-hydroxylation sites is 1. The summed E-state index contributed by atoms with van der Waals surface area (Å²) in [6.45, 7) is 1.39. The third-order valence-electron chi connectivity index (χ3n) is 3.13. The molecule has 5 nitrogen and oxygen atoms in total. The van der Waals surface area contributed by atoms with E-state index in [1.807, 2.05) is 0 Å². The van der Waals surface area contributed by atoms with Gasteiger partial charge in [0.05, 0.1) is 10.5 Å². The van der Waals surface area contributed by atoms with Crippen LogP contribution in [0.2, 0.25) is 0 Å². The summed E-state index contributed by atoms with van der Waals surface area (Å²) in [5, 5.41) is 10.8. The smallest absolute Gasteiger partial charge is 0.270 e. The lowest BCUT2D eigenvalue weighted by molar-refractivity contribution is -0.385. The van der Waals surface area contributed by atoms with E-state index in [0.29, 0.717) is 5.69 Å². The van der Waals surface area contributed by atoms with E-state index in [0.717, 1.165) is 12.1 Å². The fourth-order valence-corrected chi connectivity index (χ4v) is 1.96. The minimum absolute atomic E-state index is 0.0639. The number of nitro groups is 1. The average Bonchev–Trinajstić information content (AvgIpc) is 2.49. The molecule has 0 bridgehead atoms. The van der Waals surface area contributed by atoms with Crippen molar-refractivity contribution in [3.05, 3.63) is 69.5 Å². The zero-order chi connectivity index (χ0) is 15.6. The second-order valence-corrected chi connectivity index (χ2v) is 4.58. The molecule has 0 aliphatic rings. The molecule has 0 fully saturated rings. The Bertz CT molecular complexity index is 702. The fraction of sp³-hybridized carbons (Fsp3) is 0.133. The second-order valence-electron chi connectivity index (χ2n) is 4.58. The van der Waals surface area contributed by atoms with E-state index in [1.165, 1.54) is 18.9 Å². The predicted octanol–water partition coefficient (Wildman–Crippen LogP) is 3.32. The Morgan fingerprint density at radius 1 is 1.24 bits per heavy atom. The van der Waals surface area contributed by atoms with Crippen molar-refractivity contribution in [2.24, 2.45) is 0 Å². The van der Waals surface area contributed by atoms with Crippen molar-refractivity contribution in [1.29, 1.82) is 0 Å². The molecule has 0 aliphatic heterocycles. The lowest BCUT2D eigenvalue weighted by Gasteiger charge is -2.18. The molecule has 0 aromatic heterocycles. The lowest BCUT2D eigenvalue weighted by atomic mass is 10.1. The Morgan fingerprint density at radius 3 is 2.43 bits per heavy atom. The van der Waals surface area contributed by atoms with Gasteiger partial charge in [0.2, 0.25) is 0 Å².